The topological polar surface area (TPSA) is 45.0 Å². The van der Waals surface area contributed by atoms with Crippen molar-refractivity contribution in [2.75, 3.05) is 7.11 Å². The van der Waals surface area contributed by atoms with Gasteiger partial charge in [-0.15, -0.1) is 0 Å². The largest absolute Gasteiger partial charge is 0.497 e. The number of ether oxygens (including phenoxy) is 1. The molecule has 0 aliphatic carbocycles. The summed E-state index contributed by atoms with van der Waals surface area (Å²) in [6.45, 7) is 0. The first kappa shape index (κ1) is 14.0. The van der Waals surface area contributed by atoms with Crippen LogP contribution in [0, 0.1) is 11.3 Å². The van der Waals surface area contributed by atoms with E-state index in [0.29, 0.717) is 11.3 Å². The zero-order chi connectivity index (χ0) is 14.8. The van der Waals surface area contributed by atoms with E-state index >= 15 is 0 Å². The van der Waals surface area contributed by atoms with E-state index in [0.717, 1.165) is 6.07 Å². The average molecular weight is 280 g/mol. The number of nitrogens with zero attached hydrogens (tertiary/aromatic N) is 1. The number of rotatable bonds is 2. The van der Waals surface area contributed by atoms with E-state index in [2.05, 4.69) is 5.32 Å². The summed E-state index contributed by atoms with van der Waals surface area (Å²) in [5.41, 5.74) is -0.427. The minimum atomic E-state index is -4.47. The normalized spacial score (nSPS) is 17.9. The molecule has 0 bridgehead atoms. The number of halogens is 3. The molecule has 1 heterocycles. The van der Waals surface area contributed by atoms with Gasteiger partial charge in [-0.05, 0) is 47.7 Å². The first-order chi connectivity index (χ1) is 9.45. The van der Waals surface area contributed by atoms with Crippen LogP contribution in [0.2, 0.25) is 0 Å². The molecule has 6 heteroatoms. The van der Waals surface area contributed by atoms with Gasteiger partial charge in [0.2, 0.25) is 0 Å². The van der Waals surface area contributed by atoms with Crippen LogP contribution in [0.5, 0.6) is 5.75 Å². The van der Waals surface area contributed by atoms with Crippen molar-refractivity contribution in [3.05, 3.63) is 47.7 Å². The summed E-state index contributed by atoms with van der Waals surface area (Å²) < 4.78 is 44.1. The number of hydrogen-bond acceptors (Lipinski definition) is 3. The van der Waals surface area contributed by atoms with Gasteiger partial charge in [-0.1, -0.05) is 0 Å². The van der Waals surface area contributed by atoms with Crippen molar-refractivity contribution in [3.63, 3.8) is 0 Å². The summed E-state index contributed by atoms with van der Waals surface area (Å²) in [5.74, 6) is 0.328. The maximum Gasteiger partial charge on any atom is 0.417 e. The molecule has 2 rings (SSSR count). The molecule has 20 heavy (non-hydrogen) atoms. The molecule has 0 spiro atoms. The highest BCUT2D eigenvalue weighted by Crippen LogP contribution is 2.37. The fourth-order valence-electron chi connectivity index (χ4n) is 1.92. The van der Waals surface area contributed by atoms with E-state index in [1.165, 1.54) is 37.6 Å². The van der Waals surface area contributed by atoms with E-state index in [9.17, 15) is 13.2 Å². The van der Waals surface area contributed by atoms with Crippen LogP contribution in [-0.2, 0) is 6.18 Å². The summed E-state index contributed by atoms with van der Waals surface area (Å²) in [6.07, 6.45) is -0.0615. The average Bonchev–Trinajstić information content (AvgIpc) is 2.45. The van der Waals surface area contributed by atoms with Gasteiger partial charge in [0.15, 0.2) is 0 Å². The second kappa shape index (κ2) is 5.29. The molecule has 1 unspecified atom stereocenters. The Morgan fingerprint density at radius 1 is 1.35 bits per heavy atom. The summed E-state index contributed by atoms with van der Waals surface area (Å²) in [6, 6.07) is 4.85. The molecule has 0 saturated carbocycles. The van der Waals surface area contributed by atoms with Crippen molar-refractivity contribution in [1.82, 2.24) is 5.32 Å². The highest BCUT2D eigenvalue weighted by Gasteiger charge is 2.34. The number of nitriles is 1. The molecule has 0 amide bonds. The Bertz CT molecular complexity index is 612. The fraction of sp³-hybridized carbons (Fsp3) is 0.214. The van der Waals surface area contributed by atoms with Crippen molar-refractivity contribution >= 4 is 5.57 Å². The predicted molar refractivity (Wildman–Crippen MR) is 67.6 cm³/mol. The number of alkyl halides is 3. The van der Waals surface area contributed by atoms with Crippen molar-refractivity contribution in [2.24, 2.45) is 0 Å². The van der Waals surface area contributed by atoms with Crippen molar-refractivity contribution in [2.45, 2.75) is 12.2 Å². The number of benzene rings is 1. The van der Waals surface area contributed by atoms with Gasteiger partial charge < -0.3 is 10.1 Å². The zero-order valence-corrected chi connectivity index (χ0v) is 10.5. The van der Waals surface area contributed by atoms with Crippen LogP contribution < -0.4 is 10.1 Å². The standard InChI is InChI=1S/C14H11F3N2O/c1-20-11-2-3-13(14(15,16)17)12(7-11)9-4-5-19-10(6-9)8-18/h2-7,10,19H,1H3. The molecule has 1 aromatic carbocycles. The Morgan fingerprint density at radius 3 is 2.70 bits per heavy atom. The van der Waals surface area contributed by atoms with Crippen LogP contribution in [0.25, 0.3) is 5.57 Å². The van der Waals surface area contributed by atoms with Gasteiger partial charge in [0, 0.05) is 0 Å². The number of hydrogen-bond donors (Lipinski definition) is 1. The van der Waals surface area contributed by atoms with Crippen LogP contribution in [0.4, 0.5) is 13.2 Å². The van der Waals surface area contributed by atoms with E-state index in [4.69, 9.17) is 10.00 Å². The van der Waals surface area contributed by atoms with E-state index < -0.39 is 17.8 Å². The number of methoxy groups -OCH3 is 1. The third-order valence-electron chi connectivity index (χ3n) is 2.87. The second-order valence-electron chi connectivity index (χ2n) is 4.14. The van der Waals surface area contributed by atoms with Crippen molar-refractivity contribution < 1.29 is 17.9 Å². The summed E-state index contributed by atoms with van der Waals surface area (Å²) in [4.78, 5) is 0. The van der Waals surface area contributed by atoms with Crippen LogP contribution in [0.15, 0.2) is 36.6 Å². The van der Waals surface area contributed by atoms with E-state index in [1.807, 2.05) is 6.07 Å². The van der Waals surface area contributed by atoms with Crippen LogP contribution >= 0.6 is 0 Å². The monoisotopic (exact) mass is 280 g/mol. The molecule has 3 nitrogen and oxygen atoms in total. The van der Waals surface area contributed by atoms with Gasteiger partial charge in [-0.3, -0.25) is 0 Å². The van der Waals surface area contributed by atoms with E-state index in [-0.39, 0.29) is 5.56 Å². The number of allylic oxidation sites excluding steroid dienone is 2. The lowest BCUT2D eigenvalue weighted by molar-refractivity contribution is -0.137. The molecule has 104 valence electrons. The fourth-order valence-corrected chi connectivity index (χ4v) is 1.92. The van der Waals surface area contributed by atoms with Crippen molar-refractivity contribution in [3.8, 4) is 11.8 Å². The highest BCUT2D eigenvalue weighted by molar-refractivity contribution is 5.78. The SMILES string of the molecule is COc1ccc(C(F)(F)F)c(C2=CC(C#N)NC=C2)c1. The molecule has 1 aromatic rings. The molecule has 0 saturated heterocycles. The molecule has 1 aliphatic heterocycles. The third-order valence-corrected chi connectivity index (χ3v) is 2.87. The minimum Gasteiger partial charge on any atom is -0.497 e. The van der Waals surface area contributed by atoms with Crippen LogP contribution in [-0.4, -0.2) is 13.2 Å². The Morgan fingerprint density at radius 2 is 2.10 bits per heavy atom. The van der Waals surface area contributed by atoms with Gasteiger partial charge in [-0.2, -0.15) is 18.4 Å². The van der Waals surface area contributed by atoms with Crippen LogP contribution in [0.3, 0.4) is 0 Å². The van der Waals surface area contributed by atoms with Gasteiger partial charge in [0.05, 0.1) is 18.7 Å². The Labute approximate surface area is 114 Å². The lowest BCUT2D eigenvalue weighted by Crippen LogP contribution is -2.22. The van der Waals surface area contributed by atoms with Gasteiger partial charge >= 0.3 is 6.18 Å². The second-order valence-corrected chi connectivity index (χ2v) is 4.14. The lowest BCUT2D eigenvalue weighted by atomic mass is 9.96. The zero-order valence-electron chi connectivity index (χ0n) is 10.5. The first-order valence-corrected chi connectivity index (χ1v) is 5.75. The third kappa shape index (κ3) is 2.77. The molecule has 0 radical (unpaired) electrons. The van der Waals surface area contributed by atoms with Gasteiger partial charge in [-0.25, -0.2) is 0 Å². The highest BCUT2D eigenvalue weighted by atomic mass is 19.4. The maximum atomic E-state index is 13.0. The molecule has 0 aromatic heterocycles. The maximum absolute atomic E-state index is 13.0. The Hall–Kier alpha value is -2.42. The molecule has 0 fully saturated rings. The quantitative estimate of drug-likeness (QED) is 0.905. The smallest absolute Gasteiger partial charge is 0.417 e. The van der Waals surface area contributed by atoms with Gasteiger partial charge in [0.1, 0.15) is 11.8 Å². The summed E-state index contributed by atoms with van der Waals surface area (Å²) >= 11 is 0. The van der Waals surface area contributed by atoms with Crippen molar-refractivity contribution in [1.29, 1.82) is 5.26 Å². The molecule has 1 N–H and O–H groups in total. The minimum absolute atomic E-state index is 0.00477. The molecule has 1 atom stereocenters. The number of dihydropyridines is 1. The Balaban J connectivity index is 2.57. The van der Waals surface area contributed by atoms with Crippen LogP contribution in [0.1, 0.15) is 11.1 Å². The summed E-state index contributed by atoms with van der Waals surface area (Å²) in [7, 11) is 1.39. The molecular weight excluding hydrogens is 269 g/mol. The lowest BCUT2D eigenvalue weighted by Gasteiger charge is -2.18. The summed E-state index contributed by atoms with van der Waals surface area (Å²) in [5, 5.41) is 11.6. The predicted octanol–water partition coefficient (Wildman–Crippen LogP) is 3.11. The van der Waals surface area contributed by atoms with E-state index in [1.54, 1.807) is 0 Å². The molecule has 1 aliphatic rings. The Kier molecular flexibility index (Phi) is 3.70. The number of nitrogens with one attached hydrogen (secondary N) is 1. The molecular formula is C14H11F3N2O. The first-order valence-electron chi connectivity index (χ1n) is 5.75. The van der Waals surface area contributed by atoms with Gasteiger partial charge in [0.25, 0.3) is 0 Å².